The van der Waals surface area contributed by atoms with Gasteiger partial charge in [-0.15, -0.1) is 0 Å². The normalized spacial score (nSPS) is 13.4. The Morgan fingerprint density at radius 2 is 1.81 bits per heavy atom. The van der Waals surface area contributed by atoms with E-state index in [2.05, 4.69) is 5.10 Å². The van der Waals surface area contributed by atoms with Crippen LogP contribution in [-0.2, 0) is 18.4 Å². The van der Waals surface area contributed by atoms with Crippen molar-refractivity contribution in [1.82, 2.24) is 15.1 Å². The van der Waals surface area contributed by atoms with Crippen LogP contribution in [-0.4, -0.2) is 33.7 Å². The molecule has 4 nitrogen and oxygen atoms in total. The zero-order valence-corrected chi connectivity index (χ0v) is 10.9. The lowest BCUT2D eigenvalue weighted by Crippen LogP contribution is -2.59. The summed E-state index contributed by atoms with van der Waals surface area (Å²) in [4.78, 5) is 11.0. The topological polar surface area (TPSA) is 46.9 Å². The van der Waals surface area contributed by atoms with Gasteiger partial charge < -0.3 is 5.32 Å². The van der Waals surface area contributed by atoms with E-state index in [1.165, 1.54) is 12.4 Å². The van der Waals surface area contributed by atoms with E-state index in [0.29, 0.717) is 0 Å². The van der Waals surface area contributed by atoms with Crippen molar-refractivity contribution in [3.8, 4) is 0 Å². The van der Waals surface area contributed by atoms with E-state index in [9.17, 15) is 35.5 Å². The first kappa shape index (κ1) is 17.5. The molecule has 0 aromatic carbocycles. The van der Waals surface area contributed by atoms with Crippen molar-refractivity contribution < 1.29 is 35.5 Å². The van der Waals surface area contributed by atoms with Crippen LogP contribution < -0.4 is 5.32 Å². The van der Waals surface area contributed by atoms with E-state index in [4.69, 9.17) is 11.6 Å². The van der Waals surface area contributed by atoms with Gasteiger partial charge in [0.15, 0.2) is 0 Å². The fraction of sp³-hybridized carbons (Fsp3) is 0.556. The molecule has 1 heterocycles. The molecule has 12 heteroatoms. The number of carbonyl (C=O) groups is 1. The van der Waals surface area contributed by atoms with Crippen LogP contribution in [0.1, 0.15) is 5.69 Å². The molecule has 21 heavy (non-hydrogen) atoms. The summed E-state index contributed by atoms with van der Waals surface area (Å²) in [5.74, 6) is -15.2. The van der Waals surface area contributed by atoms with Crippen molar-refractivity contribution in [2.45, 2.75) is 24.6 Å². The molecule has 0 unspecified atom stereocenters. The summed E-state index contributed by atoms with van der Waals surface area (Å²) in [5.41, 5.74) is -0.0452. The molecule has 0 saturated carbocycles. The van der Waals surface area contributed by atoms with Gasteiger partial charge in [0.1, 0.15) is 0 Å². The molecule has 1 rings (SSSR count). The molecule has 0 spiro atoms. The van der Waals surface area contributed by atoms with E-state index >= 15 is 0 Å². The zero-order chi connectivity index (χ0) is 16.6. The molecular weight excluding hydrogens is 335 g/mol. The van der Waals surface area contributed by atoms with Crippen molar-refractivity contribution >= 4 is 17.5 Å². The molecule has 1 N–H and O–H groups in total. The number of aromatic nitrogens is 2. The number of aryl methyl sites for hydroxylation is 1. The fourth-order valence-corrected chi connectivity index (χ4v) is 1.46. The number of rotatable bonds is 4. The van der Waals surface area contributed by atoms with E-state index in [1.807, 2.05) is 0 Å². The molecule has 0 atom stereocenters. The highest BCUT2D eigenvalue weighted by molar-refractivity contribution is 6.31. The summed E-state index contributed by atoms with van der Waals surface area (Å²) in [5, 5.41) is 4.75. The lowest BCUT2D eigenvalue weighted by molar-refractivity contribution is -0.344. The predicted octanol–water partition coefficient (Wildman–Crippen LogP) is 2.52. The number of halogens is 8. The Labute approximate surface area is 117 Å². The van der Waals surface area contributed by atoms with Gasteiger partial charge in [-0.05, 0) is 0 Å². The van der Waals surface area contributed by atoms with Crippen molar-refractivity contribution in [3.63, 3.8) is 0 Å². The lowest BCUT2D eigenvalue weighted by Gasteiger charge is -2.27. The number of amides is 1. The zero-order valence-electron chi connectivity index (χ0n) is 10.1. The Balaban J connectivity index is 2.88. The largest absolute Gasteiger partial charge is 0.460 e. The number of hydrogen-bond acceptors (Lipinski definition) is 2. The third-order valence-corrected chi connectivity index (χ3v) is 2.78. The van der Waals surface area contributed by atoms with Gasteiger partial charge in [-0.25, -0.2) is 0 Å². The second-order valence-corrected chi connectivity index (χ2v) is 4.30. The van der Waals surface area contributed by atoms with Crippen molar-refractivity contribution in [2.24, 2.45) is 7.05 Å². The second kappa shape index (κ2) is 5.35. The Hall–Kier alpha value is -1.52. The summed E-state index contributed by atoms with van der Waals surface area (Å²) in [7, 11) is 1.30. The SMILES string of the molecule is Cn1ncc(Cl)c1CNC(=O)C(F)(F)C(F)(F)C(F)(F)F. The van der Waals surface area contributed by atoms with Gasteiger partial charge in [0, 0.05) is 7.05 Å². The average Bonchev–Trinajstić information content (AvgIpc) is 2.64. The monoisotopic (exact) mass is 341 g/mol. The number of hydrogen-bond donors (Lipinski definition) is 1. The van der Waals surface area contributed by atoms with Crippen LogP contribution in [0.4, 0.5) is 30.7 Å². The number of alkyl halides is 7. The molecule has 1 aromatic rings. The van der Waals surface area contributed by atoms with E-state index < -0.39 is 30.5 Å². The molecule has 120 valence electrons. The Morgan fingerprint density at radius 3 is 2.19 bits per heavy atom. The Bertz CT molecular complexity index is 520. The number of carbonyl (C=O) groups excluding carboxylic acids is 1. The maximum absolute atomic E-state index is 13.0. The van der Waals surface area contributed by atoms with Crippen LogP contribution in [0, 0.1) is 0 Å². The summed E-state index contributed by atoms with van der Waals surface area (Å²) in [6.07, 6.45) is -5.50. The quantitative estimate of drug-likeness (QED) is 0.856. The van der Waals surface area contributed by atoms with Gasteiger partial charge in [0.25, 0.3) is 5.91 Å². The summed E-state index contributed by atoms with van der Waals surface area (Å²) in [6.45, 7) is -0.794. The van der Waals surface area contributed by atoms with Gasteiger partial charge in [-0.2, -0.15) is 35.8 Å². The highest BCUT2D eigenvalue weighted by Crippen LogP contribution is 2.46. The first-order valence-electron chi connectivity index (χ1n) is 5.09. The van der Waals surface area contributed by atoms with E-state index in [0.717, 1.165) is 10.9 Å². The summed E-state index contributed by atoms with van der Waals surface area (Å²) < 4.78 is 87.9. The van der Waals surface area contributed by atoms with Crippen LogP contribution in [0.5, 0.6) is 0 Å². The molecule has 1 amide bonds. The Kier molecular flexibility index (Phi) is 4.47. The van der Waals surface area contributed by atoms with Crippen LogP contribution in [0.3, 0.4) is 0 Å². The highest BCUT2D eigenvalue weighted by atomic mass is 35.5. The lowest BCUT2D eigenvalue weighted by atomic mass is 10.1. The first-order valence-corrected chi connectivity index (χ1v) is 5.47. The summed E-state index contributed by atoms with van der Waals surface area (Å²) in [6, 6.07) is 0. The van der Waals surface area contributed by atoms with Gasteiger partial charge in [-0.3, -0.25) is 9.48 Å². The van der Waals surface area contributed by atoms with Crippen molar-refractivity contribution in [2.75, 3.05) is 0 Å². The molecule has 1 aromatic heterocycles. The fourth-order valence-electron chi connectivity index (χ4n) is 1.23. The van der Waals surface area contributed by atoms with Gasteiger partial charge >= 0.3 is 18.0 Å². The Morgan fingerprint density at radius 1 is 1.29 bits per heavy atom. The van der Waals surface area contributed by atoms with Gasteiger partial charge in [-0.1, -0.05) is 11.6 Å². The number of nitrogens with zero attached hydrogens (tertiary/aromatic N) is 2. The second-order valence-electron chi connectivity index (χ2n) is 3.89. The molecule has 0 radical (unpaired) electrons. The highest BCUT2D eigenvalue weighted by Gasteiger charge is 2.76. The van der Waals surface area contributed by atoms with Crippen LogP contribution >= 0.6 is 11.6 Å². The third kappa shape index (κ3) is 3.06. The standard InChI is InChI=1S/C9H7ClF7N3O/c1-20-5(4(10)2-19-20)3-18-6(21)7(11,12)8(13,14)9(15,16)17/h2H,3H2,1H3,(H,18,21). The summed E-state index contributed by atoms with van der Waals surface area (Å²) >= 11 is 5.56. The van der Waals surface area contributed by atoms with Crippen molar-refractivity contribution in [1.29, 1.82) is 0 Å². The molecular formula is C9H7ClF7N3O. The minimum atomic E-state index is -6.57. The van der Waals surface area contributed by atoms with E-state index in [-0.39, 0.29) is 10.7 Å². The van der Waals surface area contributed by atoms with Crippen LogP contribution in [0.25, 0.3) is 0 Å². The smallest absolute Gasteiger partial charge is 0.345 e. The minimum Gasteiger partial charge on any atom is -0.345 e. The molecule has 0 aliphatic rings. The molecule has 0 fully saturated rings. The average molecular weight is 342 g/mol. The van der Waals surface area contributed by atoms with Gasteiger partial charge in [0.05, 0.1) is 23.5 Å². The first-order chi connectivity index (χ1) is 9.32. The molecule has 0 aliphatic carbocycles. The minimum absolute atomic E-state index is 0.0452. The van der Waals surface area contributed by atoms with Gasteiger partial charge in [0.2, 0.25) is 0 Å². The molecule has 0 bridgehead atoms. The van der Waals surface area contributed by atoms with Crippen LogP contribution in [0.2, 0.25) is 5.02 Å². The maximum Gasteiger partial charge on any atom is 0.460 e. The van der Waals surface area contributed by atoms with Crippen LogP contribution in [0.15, 0.2) is 6.20 Å². The maximum atomic E-state index is 13.0. The predicted molar refractivity (Wildman–Crippen MR) is 56.0 cm³/mol. The van der Waals surface area contributed by atoms with Crippen molar-refractivity contribution in [3.05, 3.63) is 16.9 Å². The molecule has 0 aliphatic heterocycles. The molecule has 0 saturated heterocycles. The third-order valence-electron chi connectivity index (χ3n) is 2.46. The van der Waals surface area contributed by atoms with E-state index in [1.54, 1.807) is 0 Å². The number of nitrogens with one attached hydrogen (secondary N) is 1.